The third-order valence-electron chi connectivity index (χ3n) is 7.14. The Morgan fingerprint density at radius 1 is 0.969 bits per heavy atom. The molecule has 0 aromatic heterocycles. The van der Waals surface area contributed by atoms with E-state index in [4.69, 9.17) is 4.74 Å². The normalized spacial score (nSPS) is 22.9. The van der Waals surface area contributed by atoms with Crippen LogP contribution in [-0.2, 0) is 0 Å². The Bertz CT molecular complexity index is 832. The number of benzene rings is 2. The van der Waals surface area contributed by atoms with Crippen LogP contribution in [0.5, 0.6) is 5.75 Å². The molecular formula is C28H39IN2O. The number of rotatable bonds is 8. The SMILES string of the molecule is CC(C)N1CCC(c2ccccc2-c2ccc(OCCCN3CCCCC3)cc2)CC1I. The monoisotopic (exact) mass is 546 g/mol. The van der Waals surface area contributed by atoms with Crippen LogP contribution in [0.4, 0.5) is 0 Å². The van der Waals surface area contributed by atoms with E-state index in [0.717, 1.165) is 18.8 Å². The number of ether oxygens (including phenoxy) is 1. The van der Waals surface area contributed by atoms with Gasteiger partial charge in [0.25, 0.3) is 0 Å². The van der Waals surface area contributed by atoms with Crippen LogP contribution in [0.1, 0.15) is 63.9 Å². The molecule has 2 aliphatic rings. The number of hydrogen-bond acceptors (Lipinski definition) is 3. The number of alkyl halides is 1. The summed E-state index contributed by atoms with van der Waals surface area (Å²) in [6.45, 7) is 10.3. The second kappa shape index (κ2) is 11.8. The van der Waals surface area contributed by atoms with Crippen LogP contribution in [-0.4, -0.2) is 52.7 Å². The fourth-order valence-electron chi connectivity index (χ4n) is 5.30. The minimum Gasteiger partial charge on any atom is -0.494 e. The molecule has 2 aliphatic heterocycles. The minimum atomic E-state index is 0.611. The van der Waals surface area contributed by atoms with Crippen molar-refractivity contribution in [2.75, 3.05) is 32.8 Å². The standard InChI is InChI=1S/C28H39IN2O/c1-22(2)31-19-15-24(21-28(31)29)27-10-5-4-9-26(27)23-11-13-25(14-12-23)32-20-8-18-30-16-6-3-7-17-30/h4-5,9-14,22,24,28H,3,6-8,15-21H2,1-2H3. The highest BCUT2D eigenvalue weighted by molar-refractivity contribution is 14.1. The van der Waals surface area contributed by atoms with Crippen LogP contribution in [0.3, 0.4) is 0 Å². The van der Waals surface area contributed by atoms with E-state index in [1.165, 1.54) is 75.0 Å². The van der Waals surface area contributed by atoms with Crippen molar-refractivity contribution in [1.29, 1.82) is 0 Å². The lowest BCUT2D eigenvalue weighted by atomic mass is 9.84. The van der Waals surface area contributed by atoms with Gasteiger partial charge in [0.2, 0.25) is 0 Å². The molecule has 0 saturated carbocycles. The van der Waals surface area contributed by atoms with Crippen molar-refractivity contribution in [2.24, 2.45) is 0 Å². The minimum absolute atomic E-state index is 0.611. The van der Waals surface area contributed by atoms with Gasteiger partial charge in [0, 0.05) is 19.1 Å². The van der Waals surface area contributed by atoms with E-state index in [-0.39, 0.29) is 0 Å². The summed E-state index contributed by atoms with van der Waals surface area (Å²) in [4.78, 5) is 5.22. The van der Waals surface area contributed by atoms with Crippen LogP contribution >= 0.6 is 22.6 Å². The predicted molar refractivity (Wildman–Crippen MR) is 144 cm³/mol. The van der Waals surface area contributed by atoms with Gasteiger partial charge in [-0.25, -0.2) is 0 Å². The molecule has 32 heavy (non-hydrogen) atoms. The Hall–Kier alpha value is -1.11. The van der Waals surface area contributed by atoms with Gasteiger partial charge in [-0.3, -0.25) is 4.90 Å². The highest BCUT2D eigenvalue weighted by Gasteiger charge is 2.30. The molecule has 0 radical (unpaired) electrons. The summed E-state index contributed by atoms with van der Waals surface area (Å²) < 4.78 is 6.66. The molecule has 0 amide bonds. The van der Waals surface area contributed by atoms with Crippen molar-refractivity contribution in [3.63, 3.8) is 0 Å². The molecule has 2 unspecified atom stereocenters. The van der Waals surface area contributed by atoms with Gasteiger partial charge in [-0.05, 0) is 93.8 Å². The molecule has 0 spiro atoms. The summed E-state index contributed by atoms with van der Waals surface area (Å²) in [5.74, 6) is 1.62. The lowest BCUT2D eigenvalue weighted by molar-refractivity contribution is 0.161. The maximum absolute atomic E-state index is 6.05. The third-order valence-corrected chi connectivity index (χ3v) is 8.36. The fourth-order valence-corrected chi connectivity index (χ4v) is 6.84. The van der Waals surface area contributed by atoms with E-state index < -0.39 is 0 Å². The number of hydrogen-bond donors (Lipinski definition) is 0. The Morgan fingerprint density at radius 2 is 1.72 bits per heavy atom. The Balaban J connectivity index is 1.35. The van der Waals surface area contributed by atoms with E-state index in [1.807, 2.05) is 0 Å². The zero-order chi connectivity index (χ0) is 22.3. The van der Waals surface area contributed by atoms with Crippen molar-refractivity contribution in [3.05, 3.63) is 54.1 Å². The van der Waals surface area contributed by atoms with Gasteiger partial charge in [-0.15, -0.1) is 0 Å². The molecule has 0 bridgehead atoms. The first kappa shape index (κ1) is 24.0. The average molecular weight is 547 g/mol. The number of halogens is 1. The molecule has 4 rings (SSSR count). The molecule has 2 fully saturated rings. The van der Waals surface area contributed by atoms with Gasteiger partial charge in [0.1, 0.15) is 5.75 Å². The van der Waals surface area contributed by atoms with E-state index >= 15 is 0 Å². The quantitative estimate of drug-likeness (QED) is 0.154. The highest BCUT2D eigenvalue weighted by Crippen LogP contribution is 2.39. The van der Waals surface area contributed by atoms with Crippen LogP contribution in [0, 0.1) is 0 Å². The molecule has 0 N–H and O–H groups in total. The summed E-state index contributed by atoms with van der Waals surface area (Å²) in [6, 6.07) is 18.4. The Kier molecular flexibility index (Phi) is 8.90. The van der Waals surface area contributed by atoms with Crippen molar-refractivity contribution < 1.29 is 4.74 Å². The zero-order valence-corrected chi connectivity index (χ0v) is 22.0. The van der Waals surface area contributed by atoms with Gasteiger partial charge in [-0.1, -0.05) is 65.4 Å². The van der Waals surface area contributed by atoms with Gasteiger partial charge in [0.05, 0.1) is 10.7 Å². The van der Waals surface area contributed by atoms with Crippen LogP contribution in [0.15, 0.2) is 48.5 Å². The van der Waals surface area contributed by atoms with Crippen LogP contribution in [0.25, 0.3) is 11.1 Å². The van der Waals surface area contributed by atoms with Crippen LogP contribution < -0.4 is 4.74 Å². The van der Waals surface area contributed by atoms with Gasteiger partial charge >= 0.3 is 0 Å². The van der Waals surface area contributed by atoms with Crippen LogP contribution in [0.2, 0.25) is 0 Å². The number of nitrogens with zero attached hydrogens (tertiary/aromatic N) is 2. The summed E-state index contributed by atoms with van der Waals surface area (Å²) in [6.07, 6.45) is 7.70. The Labute approximate surface area is 208 Å². The summed E-state index contributed by atoms with van der Waals surface area (Å²) >= 11 is 2.64. The van der Waals surface area contributed by atoms with E-state index in [2.05, 4.69) is 94.8 Å². The molecule has 2 atom stereocenters. The smallest absolute Gasteiger partial charge is 0.119 e. The predicted octanol–water partition coefficient (Wildman–Crippen LogP) is 6.96. The molecule has 174 valence electrons. The van der Waals surface area contributed by atoms with E-state index in [1.54, 1.807) is 0 Å². The van der Waals surface area contributed by atoms with Crippen molar-refractivity contribution in [1.82, 2.24) is 9.80 Å². The number of piperidine rings is 2. The largest absolute Gasteiger partial charge is 0.494 e. The maximum atomic E-state index is 6.05. The van der Waals surface area contributed by atoms with E-state index in [9.17, 15) is 0 Å². The fraction of sp³-hybridized carbons (Fsp3) is 0.571. The second-order valence-electron chi connectivity index (χ2n) is 9.70. The topological polar surface area (TPSA) is 15.7 Å². The summed E-state index contributed by atoms with van der Waals surface area (Å²) in [7, 11) is 0. The van der Waals surface area contributed by atoms with Gasteiger partial charge < -0.3 is 9.64 Å². The molecule has 2 aromatic carbocycles. The Morgan fingerprint density at radius 3 is 2.44 bits per heavy atom. The van der Waals surface area contributed by atoms with Crippen molar-refractivity contribution >= 4 is 22.6 Å². The lowest BCUT2D eigenvalue weighted by Gasteiger charge is -2.39. The third kappa shape index (κ3) is 6.27. The molecule has 2 heterocycles. The van der Waals surface area contributed by atoms with Crippen molar-refractivity contribution in [2.45, 2.75) is 68.4 Å². The number of likely N-dealkylation sites (tertiary alicyclic amines) is 2. The molecule has 2 aromatic rings. The van der Waals surface area contributed by atoms with Crippen molar-refractivity contribution in [3.8, 4) is 16.9 Å². The zero-order valence-electron chi connectivity index (χ0n) is 19.8. The summed E-state index contributed by atoms with van der Waals surface area (Å²) in [5.41, 5.74) is 4.20. The maximum Gasteiger partial charge on any atom is 0.119 e. The first-order valence-electron chi connectivity index (χ1n) is 12.6. The molecule has 2 saturated heterocycles. The molecule has 3 nitrogen and oxygen atoms in total. The first-order valence-corrected chi connectivity index (χ1v) is 13.8. The van der Waals surface area contributed by atoms with Gasteiger partial charge in [0.15, 0.2) is 0 Å². The molecule has 4 heteroatoms. The van der Waals surface area contributed by atoms with E-state index in [0.29, 0.717) is 16.0 Å². The lowest BCUT2D eigenvalue weighted by Crippen LogP contribution is -2.42. The summed E-state index contributed by atoms with van der Waals surface area (Å²) in [5, 5.41) is 0. The highest BCUT2D eigenvalue weighted by atomic mass is 127. The molecular weight excluding hydrogens is 507 g/mol. The van der Waals surface area contributed by atoms with Gasteiger partial charge in [-0.2, -0.15) is 0 Å². The molecule has 0 aliphatic carbocycles. The second-order valence-corrected chi connectivity index (χ2v) is 11.1. The average Bonchev–Trinajstić information content (AvgIpc) is 2.83. The first-order chi connectivity index (χ1) is 15.6.